The van der Waals surface area contributed by atoms with Crippen LogP contribution in [0.1, 0.15) is 24.8 Å². The van der Waals surface area contributed by atoms with Crippen LogP contribution in [0.25, 0.3) is 0 Å². The summed E-state index contributed by atoms with van der Waals surface area (Å²) in [6.07, 6.45) is 1.72. The molecule has 1 heterocycles. The van der Waals surface area contributed by atoms with E-state index in [1.54, 1.807) is 11.0 Å². The van der Waals surface area contributed by atoms with Gasteiger partial charge in [-0.3, -0.25) is 9.59 Å². The van der Waals surface area contributed by atoms with E-state index in [1.165, 1.54) is 0 Å². The molecule has 1 aromatic carbocycles. The molecular formula is C15H17ClN2O3. The molecule has 0 spiro atoms. The summed E-state index contributed by atoms with van der Waals surface area (Å²) in [7, 11) is 0. The Bertz CT molecular complexity index is 615. The van der Waals surface area contributed by atoms with Gasteiger partial charge in [-0.15, -0.1) is 0 Å². The first kappa shape index (κ1) is 14.4. The number of nitrogens with zero attached hydrogens (tertiary/aromatic N) is 1. The first-order valence-electron chi connectivity index (χ1n) is 6.95. The topological polar surface area (TPSA) is 83.6 Å². The van der Waals surface area contributed by atoms with Crippen LogP contribution in [0.3, 0.4) is 0 Å². The first-order valence-corrected chi connectivity index (χ1v) is 7.33. The van der Waals surface area contributed by atoms with Crippen molar-refractivity contribution < 1.29 is 14.7 Å². The maximum absolute atomic E-state index is 12.8. The Morgan fingerprint density at radius 2 is 2.00 bits per heavy atom. The Kier molecular flexibility index (Phi) is 3.22. The van der Waals surface area contributed by atoms with Crippen LogP contribution in [-0.2, 0) is 15.0 Å². The summed E-state index contributed by atoms with van der Waals surface area (Å²) in [5.41, 5.74) is 3.96. The molecule has 2 fully saturated rings. The Hall–Kier alpha value is -1.59. The van der Waals surface area contributed by atoms with Crippen LogP contribution >= 0.6 is 11.6 Å². The van der Waals surface area contributed by atoms with Crippen LogP contribution < -0.4 is 5.73 Å². The summed E-state index contributed by atoms with van der Waals surface area (Å²) in [4.78, 5) is 25.6. The van der Waals surface area contributed by atoms with Crippen molar-refractivity contribution in [2.24, 2.45) is 5.73 Å². The van der Waals surface area contributed by atoms with Crippen LogP contribution in [0, 0.1) is 0 Å². The number of carbonyl (C=O) groups is 2. The second-order valence-corrected chi connectivity index (χ2v) is 6.40. The SMILES string of the molecule is NC(=O)C1(O)CCN(C(=O)C2(c3cccc(Cl)c3)CC2)C1. The van der Waals surface area contributed by atoms with Crippen molar-refractivity contribution in [2.45, 2.75) is 30.3 Å². The first-order chi connectivity index (χ1) is 9.87. The van der Waals surface area contributed by atoms with E-state index < -0.39 is 16.9 Å². The lowest BCUT2D eigenvalue weighted by atomic mass is 9.94. The number of halogens is 1. The molecule has 5 nitrogen and oxygen atoms in total. The molecule has 3 N–H and O–H groups in total. The highest BCUT2D eigenvalue weighted by Gasteiger charge is 2.55. The van der Waals surface area contributed by atoms with E-state index in [0.717, 1.165) is 18.4 Å². The molecule has 0 aromatic heterocycles. The molecule has 112 valence electrons. The van der Waals surface area contributed by atoms with Crippen molar-refractivity contribution in [1.29, 1.82) is 0 Å². The van der Waals surface area contributed by atoms with Crippen molar-refractivity contribution in [1.82, 2.24) is 4.90 Å². The van der Waals surface area contributed by atoms with Gasteiger partial charge in [0.15, 0.2) is 5.60 Å². The van der Waals surface area contributed by atoms with Gasteiger partial charge in [0.05, 0.1) is 12.0 Å². The molecule has 0 bridgehead atoms. The molecule has 1 saturated heterocycles. The Labute approximate surface area is 127 Å². The fourth-order valence-corrected chi connectivity index (χ4v) is 3.20. The van der Waals surface area contributed by atoms with Gasteiger partial charge in [0.25, 0.3) is 5.91 Å². The van der Waals surface area contributed by atoms with Crippen LogP contribution in [0.2, 0.25) is 5.02 Å². The number of likely N-dealkylation sites (tertiary alicyclic amines) is 1. The molecule has 1 aromatic rings. The molecule has 1 aliphatic carbocycles. The zero-order valence-corrected chi connectivity index (χ0v) is 12.3. The number of nitrogens with two attached hydrogens (primary N) is 1. The predicted molar refractivity (Wildman–Crippen MR) is 77.7 cm³/mol. The van der Waals surface area contributed by atoms with Crippen LogP contribution in [0.4, 0.5) is 0 Å². The smallest absolute Gasteiger partial charge is 0.251 e. The van der Waals surface area contributed by atoms with Gasteiger partial charge in [-0.1, -0.05) is 23.7 Å². The summed E-state index contributed by atoms with van der Waals surface area (Å²) >= 11 is 6.00. The molecular weight excluding hydrogens is 292 g/mol. The fraction of sp³-hybridized carbons (Fsp3) is 0.467. The van der Waals surface area contributed by atoms with Gasteiger partial charge in [-0.25, -0.2) is 0 Å². The third-order valence-corrected chi connectivity index (χ3v) is 4.77. The maximum atomic E-state index is 12.8. The second-order valence-electron chi connectivity index (χ2n) is 5.96. The van der Waals surface area contributed by atoms with Crippen molar-refractivity contribution in [3.63, 3.8) is 0 Å². The Morgan fingerprint density at radius 3 is 2.52 bits per heavy atom. The zero-order valence-electron chi connectivity index (χ0n) is 11.5. The summed E-state index contributed by atoms with van der Waals surface area (Å²) in [6, 6.07) is 7.30. The molecule has 6 heteroatoms. The summed E-state index contributed by atoms with van der Waals surface area (Å²) < 4.78 is 0. The molecule has 1 unspecified atom stereocenters. The van der Waals surface area contributed by atoms with E-state index in [1.807, 2.05) is 18.2 Å². The van der Waals surface area contributed by atoms with E-state index in [4.69, 9.17) is 17.3 Å². The summed E-state index contributed by atoms with van der Waals surface area (Å²) in [6.45, 7) is 0.323. The van der Waals surface area contributed by atoms with E-state index >= 15 is 0 Å². The lowest BCUT2D eigenvalue weighted by Gasteiger charge is -2.25. The number of hydrogen-bond acceptors (Lipinski definition) is 3. The molecule has 2 aliphatic rings. The maximum Gasteiger partial charge on any atom is 0.251 e. The van der Waals surface area contributed by atoms with E-state index in [9.17, 15) is 14.7 Å². The van der Waals surface area contributed by atoms with Crippen LogP contribution in [0.15, 0.2) is 24.3 Å². The average molecular weight is 309 g/mol. The second kappa shape index (κ2) is 4.71. The van der Waals surface area contributed by atoms with Crippen molar-refractivity contribution in [3.05, 3.63) is 34.9 Å². The minimum Gasteiger partial charge on any atom is -0.378 e. The van der Waals surface area contributed by atoms with Gasteiger partial charge in [0.2, 0.25) is 5.91 Å². The van der Waals surface area contributed by atoms with Crippen LogP contribution in [0.5, 0.6) is 0 Å². The number of β-amino-alcohol motifs (C(OH)–C–C–N with tert-alkyl or cyclic N) is 1. The van der Waals surface area contributed by atoms with E-state index in [0.29, 0.717) is 11.6 Å². The lowest BCUT2D eigenvalue weighted by molar-refractivity contribution is -0.138. The predicted octanol–water partition coefficient (Wildman–Crippen LogP) is 0.820. The quantitative estimate of drug-likeness (QED) is 0.867. The van der Waals surface area contributed by atoms with Crippen molar-refractivity contribution in [2.75, 3.05) is 13.1 Å². The van der Waals surface area contributed by atoms with Gasteiger partial charge in [0.1, 0.15) is 0 Å². The van der Waals surface area contributed by atoms with E-state index in [-0.39, 0.29) is 18.9 Å². The molecule has 21 heavy (non-hydrogen) atoms. The van der Waals surface area contributed by atoms with Crippen LogP contribution in [-0.4, -0.2) is 40.5 Å². The molecule has 2 amide bonds. The minimum absolute atomic E-state index is 0.0243. The molecule has 3 rings (SSSR count). The zero-order chi connectivity index (χ0) is 15.3. The highest BCUT2D eigenvalue weighted by atomic mass is 35.5. The third kappa shape index (κ3) is 2.30. The minimum atomic E-state index is -1.60. The third-order valence-electron chi connectivity index (χ3n) is 4.53. The summed E-state index contributed by atoms with van der Waals surface area (Å²) in [5, 5.41) is 10.7. The normalized spacial score (nSPS) is 26.7. The number of hydrogen-bond donors (Lipinski definition) is 2. The number of carbonyl (C=O) groups excluding carboxylic acids is 2. The highest BCUT2D eigenvalue weighted by molar-refractivity contribution is 6.30. The molecule has 0 radical (unpaired) electrons. The molecule has 1 atom stereocenters. The summed E-state index contributed by atoms with van der Waals surface area (Å²) in [5.74, 6) is -0.827. The average Bonchev–Trinajstić information content (AvgIpc) is 3.15. The number of rotatable bonds is 3. The standard InChI is InChI=1S/C15H17ClN2O3/c16-11-3-1-2-10(8-11)14(4-5-14)13(20)18-7-6-15(21,9-18)12(17)19/h1-3,8,21H,4-7,9H2,(H2,17,19). The van der Waals surface area contributed by atoms with Gasteiger partial charge in [0, 0.05) is 18.0 Å². The van der Waals surface area contributed by atoms with Gasteiger partial charge >= 0.3 is 0 Å². The van der Waals surface area contributed by atoms with Crippen molar-refractivity contribution in [3.8, 4) is 0 Å². The Balaban J connectivity index is 1.82. The number of benzene rings is 1. The van der Waals surface area contributed by atoms with Crippen molar-refractivity contribution >= 4 is 23.4 Å². The van der Waals surface area contributed by atoms with Gasteiger partial charge in [-0.2, -0.15) is 0 Å². The monoisotopic (exact) mass is 308 g/mol. The highest BCUT2D eigenvalue weighted by Crippen LogP contribution is 2.50. The van der Waals surface area contributed by atoms with Gasteiger partial charge < -0.3 is 15.7 Å². The lowest BCUT2D eigenvalue weighted by Crippen LogP contribution is -2.48. The van der Waals surface area contributed by atoms with Gasteiger partial charge in [-0.05, 0) is 30.5 Å². The largest absolute Gasteiger partial charge is 0.378 e. The molecule has 1 saturated carbocycles. The number of aliphatic hydroxyl groups is 1. The number of primary amides is 1. The molecule has 1 aliphatic heterocycles. The fourth-order valence-electron chi connectivity index (χ4n) is 3.01. The Morgan fingerprint density at radius 1 is 1.29 bits per heavy atom. The number of amides is 2. The van der Waals surface area contributed by atoms with E-state index in [2.05, 4.69) is 0 Å².